The van der Waals surface area contributed by atoms with Crippen molar-refractivity contribution in [1.82, 2.24) is 0 Å². The second kappa shape index (κ2) is 8.59. The molecular formula is C20H28Cl2O2Si2. The van der Waals surface area contributed by atoms with Gasteiger partial charge in [-0.3, -0.25) is 0 Å². The molecular weight excluding hydrogens is 399 g/mol. The Labute approximate surface area is 169 Å². The van der Waals surface area contributed by atoms with E-state index < -0.39 is 16.6 Å². The second-order valence-electron chi connectivity index (χ2n) is 8.40. The Morgan fingerprint density at radius 2 is 0.846 bits per heavy atom. The molecule has 0 N–H and O–H groups in total. The summed E-state index contributed by atoms with van der Waals surface area (Å²) in [7, 11) is -3.64. The van der Waals surface area contributed by atoms with Crippen molar-refractivity contribution in [3.8, 4) is 0 Å². The molecule has 2 atom stereocenters. The Kier molecular flexibility index (Phi) is 7.16. The van der Waals surface area contributed by atoms with Gasteiger partial charge in [-0.25, -0.2) is 0 Å². The van der Waals surface area contributed by atoms with Crippen molar-refractivity contribution < 1.29 is 8.85 Å². The number of hydrogen-bond donors (Lipinski definition) is 0. The first-order chi connectivity index (χ1) is 11.9. The lowest BCUT2D eigenvalue weighted by Crippen LogP contribution is -2.36. The van der Waals surface area contributed by atoms with Gasteiger partial charge in [0.25, 0.3) is 0 Å². The summed E-state index contributed by atoms with van der Waals surface area (Å²) in [6.07, 6.45) is -0.376. The summed E-state index contributed by atoms with van der Waals surface area (Å²) in [5.41, 5.74) is 2.16. The molecule has 0 bridgehead atoms. The maximum absolute atomic E-state index is 6.62. The predicted octanol–water partition coefficient (Wildman–Crippen LogP) is 7.48. The maximum Gasteiger partial charge on any atom is 0.184 e. The Morgan fingerprint density at radius 1 is 0.577 bits per heavy atom. The normalized spacial score (nSPS) is 14.9. The molecule has 2 nitrogen and oxygen atoms in total. The van der Waals surface area contributed by atoms with Crippen LogP contribution in [0.2, 0.25) is 49.3 Å². The molecule has 0 aliphatic carbocycles. The fraction of sp³-hybridized carbons (Fsp3) is 0.400. The zero-order valence-corrected chi connectivity index (χ0v) is 19.9. The third-order valence-electron chi connectivity index (χ3n) is 3.63. The molecule has 0 fully saturated rings. The topological polar surface area (TPSA) is 18.5 Å². The summed E-state index contributed by atoms with van der Waals surface area (Å²) in [4.78, 5) is 0. The number of rotatable bonds is 7. The quantitative estimate of drug-likeness (QED) is 0.427. The van der Waals surface area contributed by atoms with E-state index in [4.69, 9.17) is 32.1 Å². The van der Waals surface area contributed by atoms with Gasteiger partial charge in [0.05, 0.1) is 12.2 Å². The Morgan fingerprint density at radius 3 is 1.08 bits per heavy atom. The average Bonchev–Trinajstić information content (AvgIpc) is 2.51. The SMILES string of the molecule is C[Si](C)(C)O[C@@H](c1ccc(Cl)cc1)[C@@H](O[Si](C)(C)C)c1ccc(Cl)cc1. The second-order valence-corrected chi connectivity index (χ2v) is 18.2. The molecule has 0 amide bonds. The van der Waals surface area contributed by atoms with Crippen LogP contribution < -0.4 is 0 Å². The van der Waals surface area contributed by atoms with Crippen LogP contribution in [0.1, 0.15) is 23.3 Å². The lowest BCUT2D eigenvalue weighted by Gasteiger charge is -2.36. The maximum atomic E-state index is 6.62. The number of halogens is 2. The summed E-state index contributed by atoms with van der Waals surface area (Å²) in [5.74, 6) is 0. The molecule has 0 aromatic heterocycles. The average molecular weight is 428 g/mol. The van der Waals surface area contributed by atoms with E-state index in [2.05, 4.69) is 39.3 Å². The molecule has 2 aromatic carbocycles. The first kappa shape index (κ1) is 21.7. The third kappa shape index (κ3) is 6.84. The first-order valence-electron chi connectivity index (χ1n) is 8.81. The molecule has 0 aliphatic heterocycles. The first-order valence-corrected chi connectivity index (χ1v) is 16.4. The van der Waals surface area contributed by atoms with Gasteiger partial charge in [-0.2, -0.15) is 0 Å². The molecule has 0 unspecified atom stereocenters. The van der Waals surface area contributed by atoms with Gasteiger partial charge >= 0.3 is 0 Å². The largest absolute Gasteiger partial charge is 0.408 e. The molecule has 0 heterocycles. The Balaban J connectivity index is 2.51. The summed E-state index contributed by atoms with van der Waals surface area (Å²) in [6, 6.07) is 15.8. The van der Waals surface area contributed by atoms with Crippen molar-refractivity contribution in [2.45, 2.75) is 51.5 Å². The van der Waals surface area contributed by atoms with Crippen LogP contribution in [0, 0.1) is 0 Å². The van der Waals surface area contributed by atoms with E-state index in [-0.39, 0.29) is 12.2 Å². The highest BCUT2D eigenvalue weighted by molar-refractivity contribution is 6.70. The van der Waals surface area contributed by atoms with E-state index in [9.17, 15) is 0 Å². The smallest absolute Gasteiger partial charge is 0.184 e. The Bertz CT molecular complexity index is 641. The minimum atomic E-state index is -1.82. The van der Waals surface area contributed by atoms with Crippen LogP contribution in [0.5, 0.6) is 0 Å². The van der Waals surface area contributed by atoms with Crippen molar-refractivity contribution >= 4 is 39.8 Å². The summed E-state index contributed by atoms with van der Waals surface area (Å²) < 4.78 is 13.2. The highest BCUT2D eigenvalue weighted by Crippen LogP contribution is 2.39. The Hall–Kier alpha value is -0.626. The van der Waals surface area contributed by atoms with Gasteiger partial charge in [0, 0.05) is 10.0 Å². The fourth-order valence-corrected chi connectivity index (χ4v) is 4.97. The van der Waals surface area contributed by atoms with E-state index in [0.717, 1.165) is 21.2 Å². The molecule has 0 aliphatic rings. The molecule has 6 heteroatoms. The van der Waals surface area contributed by atoms with E-state index in [0.29, 0.717) is 0 Å². The lowest BCUT2D eigenvalue weighted by atomic mass is 9.98. The monoisotopic (exact) mass is 426 g/mol. The standard InChI is InChI=1S/C20H28Cl2O2Si2/c1-25(2,3)23-19(15-7-11-17(21)12-8-15)20(24-26(4,5)6)16-9-13-18(22)14-10-16/h7-14,19-20H,1-6H3/t19-,20-/m0/s1. The third-order valence-corrected chi connectivity index (χ3v) is 6.06. The van der Waals surface area contributed by atoms with Gasteiger partial charge in [-0.15, -0.1) is 0 Å². The van der Waals surface area contributed by atoms with Gasteiger partial charge in [-0.05, 0) is 74.7 Å². The molecule has 0 radical (unpaired) electrons. The van der Waals surface area contributed by atoms with Crippen molar-refractivity contribution in [2.24, 2.45) is 0 Å². The van der Waals surface area contributed by atoms with Gasteiger partial charge < -0.3 is 8.85 Å². The highest BCUT2D eigenvalue weighted by Gasteiger charge is 2.34. The molecule has 142 valence electrons. The number of benzene rings is 2. The van der Waals surface area contributed by atoms with E-state index in [1.807, 2.05) is 48.5 Å². The van der Waals surface area contributed by atoms with Crippen molar-refractivity contribution in [3.05, 3.63) is 69.7 Å². The summed E-state index contributed by atoms with van der Waals surface area (Å²) in [6.45, 7) is 13.2. The molecule has 0 saturated carbocycles. The van der Waals surface area contributed by atoms with Crippen LogP contribution in [-0.4, -0.2) is 16.6 Å². The van der Waals surface area contributed by atoms with Crippen LogP contribution in [0.4, 0.5) is 0 Å². The molecule has 0 saturated heterocycles. The minimum absolute atomic E-state index is 0.188. The number of hydrogen-bond acceptors (Lipinski definition) is 2. The summed E-state index contributed by atoms with van der Waals surface area (Å²) >= 11 is 12.2. The molecule has 2 aromatic rings. The van der Waals surface area contributed by atoms with Crippen LogP contribution >= 0.6 is 23.2 Å². The highest BCUT2D eigenvalue weighted by atomic mass is 35.5. The van der Waals surface area contributed by atoms with Crippen LogP contribution in [0.15, 0.2) is 48.5 Å². The van der Waals surface area contributed by atoms with Gasteiger partial charge in [0.2, 0.25) is 0 Å². The van der Waals surface area contributed by atoms with Crippen LogP contribution in [-0.2, 0) is 8.85 Å². The van der Waals surface area contributed by atoms with Crippen molar-refractivity contribution in [2.75, 3.05) is 0 Å². The van der Waals surface area contributed by atoms with Gasteiger partial charge in [0.1, 0.15) is 0 Å². The van der Waals surface area contributed by atoms with E-state index in [1.165, 1.54) is 0 Å². The lowest BCUT2D eigenvalue weighted by molar-refractivity contribution is 0.0420. The molecule has 0 spiro atoms. The predicted molar refractivity (Wildman–Crippen MR) is 117 cm³/mol. The van der Waals surface area contributed by atoms with Crippen molar-refractivity contribution in [1.29, 1.82) is 0 Å². The van der Waals surface area contributed by atoms with E-state index in [1.54, 1.807) is 0 Å². The van der Waals surface area contributed by atoms with Crippen LogP contribution in [0.3, 0.4) is 0 Å². The van der Waals surface area contributed by atoms with Gasteiger partial charge in [-0.1, -0.05) is 47.5 Å². The van der Waals surface area contributed by atoms with Crippen LogP contribution in [0.25, 0.3) is 0 Å². The fourth-order valence-electron chi connectivity index (χ4n) is 2.68. The zero-order chi connectivity index (χ0) is 19.5. The minimum Gasteiger partial charge on any atom is -0.408 e. The molecule has 2 rings (SSSR count). The van der Waals surface area contributed by atoms with Gasteiger partial charge in [0.15, 0.2) is 16.6 Å². The van der Waals surface area contributed by atoms with Crippen molar-refractivity contribution in [3.63, 3.8) is 0 Å². The summed E-state index contributed by atoms with van der Waals surface area (Å²) in [5, 5.41) is 1.43. The van der Waals surface area contributed by atoms with E-state index >= 15 is 0 Å². The molecule has 26 heavy (non-hydrogen) atoms. The zero-order valence-electron chi connectivity index (χ0n) is 16.3.